The van der Waals surface area contributed by atoms with Crippen LogP contribution in [0.3, 0.4) is 0 Å². The fourth-order valence-corrected chi connectivity index (χ4v) is 2.07. The minimum atomic E-state index is -0.367. The number of ether oxygens (including phenoxy) is 1. The summed E-state index contributed by atoms with van der Waals surface area (Å²) in [5.41, 5.74) is 0.144. The number of hydrogen-bond acceptors (Lipinski definition) is 4. The van der Waals surface area contributed by atoms with E-state index in [1.54, 1.807) is 29.3 Å². The highest BCUT2D eigenvalue weighted by atomic mass is 16.5. The van der Waals surface area contributed by atoms with Crippen molar-refractivity contribution < 1.29 is 13.9 Å². The van der Waals surface area contributed by atoms with Gasteiger partial charge >= 0.3 is 5.63 Å². The van der Waals surface area contributed by atoms with E-state index in [2.05, 4.69) is 13.2 Å². The third-order valence-corrected chi connectivity index (χ3v) is 3.14. The van der Waals surface area contributed by atoms with Crippen molar-refractivity contribution in [1.82, 2.24) is 4.90 Å². The van der Waals surface area contributed by atoms with Crippen LogP contribution in [-0.2, 0) is 4.79 Å². The van der Waals surface area contributed by atoms with Crippen LogP contribution in [0.4, 0.5) is 0 Å². The summed E-state index contributed by atoms with van der Waals surface area (Å²) in [7, 11) is 0. The molecule has 0 radical (unpaired) electrons. The van der Waals surface area contributed by atoms with Crippen LogP contribution in [-0.4, -0.2) is 17.4 Å². The second kappa shape index (κ2) is 7.26. The third-order valence-electron chi connectivity index (χ3n) is 3.14. The van der Waals surface area contributed by atoms with E-state index in [-0.39, 0.29) is 11.5 Å². The summed E-state index contributed by atoms with van der Waals surface area (Å²) in [6.07, 6.45) is 4.61. The zero-order chi connectivity index (χ0) is 15.9. The van der Waals surface area contributed by atoms with Gasteiger partial charge in [-0.2, -0.15) is 0 Å². The Kier molecular flexibility index (Phi) is 5.14. The first-order valence-electron chi connectivity index (χ1n) is 6.87. The number of likely N-dealkylation sites (tertiary alicyclic amines) is 1. The zero-order valence-electron chi connectivity index (χ0n) is 12.2. The van der Waals surface area contributed by atoms with Gasteiger partial charge in [-0.1, -0.05) is 13.2 Å². The molecule has 0 atom stereocenters. The maximum Gasteiger partial charge on any atom is 0.336 e. The molecule has 0 spiro atoms. The van der Waals surface area contributed by atoms with Crippen molar-refractivity contribution in [2.45, 2.75) is 12.8 Å². The van der Waals surface area contributed by atoms with Gasteiger partial charge in [0.1, 0.15) is 11.3 Å². The molecule has 1 aliphatic rings. The number of rotatable bonds is 3. The van der Waals surface area contributed by atoms with E-state index in [0.717, 1.165) is 18.4 Å². The highest BCUT2D eigenvalue weighted by Gasteiger charge is 2.16. The Balaban J connectivity index is 0.000000188. The van der Waals surface area contributed by atoms with E-state index in [0.29, 0.717) is 17.8 Å². The van der Waals surface area contributed by atoms with Crippen molar-refractivity contribution in [3.05, 3.63) is 66.4 Å². The topological polar surface area (TPSA) is 59.8 Å². The Morgan fingerprint density at radius 2 is 1.95 bits per heavy atom. The summed E-state index contributed by atoms with van der Waals surface area (Å²) in [4.78, 5) is 23.2. The second-order valence-electron chi connectivity index (χ2n) is 4.61. The lowest BCUT2D eigenvalue weighted by Gasteiger charge is -2.05. The lowest BCUT2D eigenvalue weighted by molar-refractivity contribution is -0.125. The molecule has 5 heteroatoms. The largest absolute Gasteiger partial charge is 0.465 e. The highest BCUT2D eigenvalue weighted by molar-refractivity contribution is 5.79. The quantitative estimate of drug-likeness (QED) is 0.645. The van der Waals surface area contributed by atoms with Crippen molar-refractivity contribution in [2.75, 3.05) is 6.54 Å². The normalized spacial score (nSPS) is 13.5. The standard InChI is InChI=1S/C11H8O3.C6H9NO/c1-2-13-9-5-3-8-4-6-11(12)14-10(8)7-9;1-2-7-5-3-4-6(7)8/h2-7H,1H2;2H,1,3-5H2. The molecule has 2 heterocycles. The molecular weight excluding hydrogens is 282 g/mol. The summed E-state index contributed by atoms with van der Waals surface area (Å²) in [5, 5.41) is 0.862. The Labute approximate surface area is 128 Å². The van der Waals surface area contributed by atoms with Crippen molar-refractivity contribution >= 4 is 16.9 Å². The SMILES string of the molecule is C=CN1CCCC1=O.C=COc1ccc2ccc(=O)oc2c1. The molecule has 114 valence electrons. The maximum absolute atomic E-state index is 10.9. The van der Waals surface area contributed by atoms with Gasteiger partial charge in [-0.3, -0.25) is 4.79 Å². The number of fused-ring (bicyclic) bond motifs is 1. The molecule has 0 aliphatic carbocycles. The molecule has 1 aromatic heterocycles. The van der Waals surface area contributed by atoms with E-state index in [1.807, 2.05) is 6.07 Å². The number of benzene rings is 1. The van der Waals surface area contributed by atoms with Crippen LogP contribution in [0.2, 0.25) is 0 Å². The third kappa shape index (κ3) is 3.85. The van der Waals surface area contributed by atoms with Gasteiger partial charge in [-0.15, -0.1) is 0 Å². The van der Waals surface area contributed by atoms with E-state index in [1.165, 1.54) is 12.3 Å². The number of amides is 1. The molecule has 1 saturated heterocycles. The molecule has 1 amide bonds. The van der Waals surface area contributed by atoms with Gasteiger partial charge in [0.05, 0.1) is 6.26 Å². The lowest BCUT2D eigenvalue weighted by atomic mass is 10.2. The lowest BCUT2D eigenvalue weighted by Crippen LogP contribution is -2.16. The van der Waals surface area contributed by atoms with Crippen LogP contribution in [0.25, 0.3) is 11.0 Å². The van der Waals surface area contributed by atoms with E-state index < -0.39 is 0 Å². The summed E-state index contributed by atoms with van der Waals surface area (Å²) in [6, 6.07) is 8.34. The molecule has 3 rings (SSSR count). The van der Waals surface area contributed by atoms with Crippen LogP contribution < -0.4 is 10.4 Å². The average Bonchev–Trinajstić information content (AvgIpc) is 2.93. The Bertz CT molecular complexity index is 748. The van der Waals surface area contributed by atoms with Crippen LogP contribution in [0.5, 0.6) is 5.75 Å². The fraction of sp³-hybridized carbons (Fsp3) is 0.176. The van der Waals surface area contributed by atoms with E-state index in [4.69, 9.17) is 9.15 Å². The molecule has 0 unspecified atom stereocenters. The average molecular weight is 299 g/mol. The summed E-state index contributed by atoms with van der Waals surface area (Å²) in [6.45, 7) is 7.80. The van der Waals surface area contributed by atoms with Crippen LogP contribution in [0.1, 0.15) is 12.8 Å². The Hall–Kier alpha value is -2.82. The first-order valence-corrected chi connectivity index (χ1v) is 6.87. The molecule has 5 nitrogen and oxygen atoms in total. The van der Waals surface area contributed by atoms with E-state index in [9.17, 15) is 9.59 Å². The van der Waals surface area contributed by atoms with Crippen molar-refractivity contribution in [2.24, 2.45) is 0 Å². The molecule has 0 bridgehead atoms. The monoisotopic (exact) mass is 299 g/mol. The molecule has 0 saturated carbocycles. The summed E-state index contributed by atoms with van der Waals surface area (Å²) >= 11 is 0. The summed E-state index contributed by atoms with van der Waals surface area (Å²) in [5.74, 6) is 0.807. The molecule has 22 heavy (non-hydrogen) atoms. The second-order valence-corrected chi connectivity index (χ2v) is 4.61. The van der Waals surface area contributed by atoms with Gasteiger partial charge in [-0.05, 0) is 30.8 Å². The Morgan fingerprint density at radius 1 is 1.18 bits per heavy atom. The highest BCUT2D eigenvalue weighted by Crippen LogP contribution is 2.19. The number of carbonyl (C=O) groups excluding carboxylic acids is 1. The number of nitrogens with zero attached hydrogens (tertiary/aromatic N) is 1. The van der Waals surface area contributed by atoms with Crippen molar-refractivity contribution in [3.8, 4) is 5.75 Å². The molecular formula is C17H17NO4. The molecule has 2 aromatic rings. The molecule has 1 fully saturated rings. The van der Waals surface area contributed by atoms with Crippen LogP contribution in [0.15, 0.2) is 65.2 Å². The smallest absolute Gasteiger partial charge is 0.336 e. The zero-order valence-corrected chi connectivity index (χ0v) is 12.2. The number of carbonyl (C=O) groups is 1. The van der Waals surface area contributed by atoms with E-state index >= 15 is 0 Å². The van der Waals surface area contributed by atoms with Gasteiger partial charge in [0, 0.05) is 30.5 Å². The predicted octanol–water partition coefficient (Wildman–Crippen LogP) is 3.07. The minimum Gasteiger partial charge on any atom is -0.465 e. The van der Waals surface area contributed by atoms with Gasteiger partial charge in [0.2, 0.25) is 5.91 Å². The molecule has 1 aliphatic heterocycles. The van der Waals surface area contributed by atoms with Gasteiger partial charge in [-0.25, -0.2) is 4.79 Å². The number of hydrogen-bond donors (Lipinski definition) is 0. The van der Waals surface area contributed by atoms with Gasteiger partial charge in [0.15, 0.2) is 0 Å². The van der Waals surface area contributed by atoms with Gasteiger partial charge < -0.3 is 14.1 Å². The van der Waals surface area contributed by atoms with Crippen molar-refractivity contribution in [3.63, 3.8) is 0 Å². The first-order chi connectivity index (χ1) is 10.6. The van der Waals surface area contributed by atoms with Crippen LogP contribution >= 0.6 is 0 Å². The van der Waals surface area contributed by atoms with Gasteiger partial charge in [0.25, 0.3) is 0 Å². The Morgan fingerprint density at radius 3 is 2.55 bits per heavy atom. The molecule has 1 aromatic carbocycles. The van der Waals surface area contributed by atoms with Crippen molar-refractivity contribution in [1.29, 1.82) is 0 Å². The first kappa shape index (κ1) is 15.6. The minimum absolute atomic E-state index is 0.208. The fourth-order valence-electron chi connectivity index (χ4n) is 2.07. The predicted molar refractivity (Wildman–Crippen MR) is 84.5 cm³/mol. The summed E-state index contributed by atoms with van der Waals surface area (Å²) < 4.78 is 10.0. The maximum atomic E-state index is 10.9. The molecule has 0 N–H and O–H groups in total. The van der Waals surface area contributed by atoms with Crippen LogP contribution in [0, 0.1) is 0 Å².